The Morgan fingerprint density at radius 3 is 2.87 bits per heavy atom. The zero-order valence-electron chi connectivity index (χ0n) is 12.6. The number of amides is 3. The van der Waals surface area contributed by atoms with Crippen LogP contribution in [-0.2, 0) is 9.63 Å². The SMILES string of the molecule is O=C(Nc1cccc(F)c1)N1CC2(CC(=O)N(CC3CC3)O2)C1. The molecule has 122 valence electrons. The normalized spacial score (nSPS) is 22.4. The fraction of sp³-hybridized carbons (Fsp3) is 0.500. The number of rotatable bonds is 3. The molecule has 4 rings (SSSR count). The highest BCUT2D eigenvalue weighted by Crippen LogP contribution is 2.38. The largest absolute Gasteiger partial charge is 0.322 e. The number of carbonyl (C=O) groups excluding carboxylic acids is 2. The van der Waals surface area contributed by atoms with Crippen molar-refractivity contribution in [2.75, 3.05) is 25.0 Å². The highest BCUT2D eigenvalue weighted by molar-refractivity contribution is 5.90. The summed E-state index contributed by atoms with van der Waals surface area (Å²) in [7, 11) is 0. The van der Waals surface area contributed by atoms with E-state index in [-0.39, 0.29) is 11.9 Å². The van der Waals surface area contributed by atoms with Gasteiger partial charge < -0.3 is 10.2 Å². The van der Waals surface area contributed by atoms with Gasteiger partial charge in [-0.1, -0.05) is 6.07 Å². The number of urea groups is 1. The Hall–Kier alpha value is -2.15. The maximum absolute atomic E-state index is 13.1. The summed E-state index contributed by atoms with van der Waals surface area (Å²) in [5, 5.41) is 4.12. The van der Waals surface area contributed by atoms with Crippen LogP contribution >= 0.6 is 0 Å². The molecule has 1 aromatic rings. The van der Waals surface area contributed by atoms with E-state index in [1.165, 1.54) is 23.3 Å². The van der Waals surface area contributed by atoms with Crippen molar-refractivity contribution in [1.29, 1.82) is 0 Å². The standard InChI is InChI=1S/C16H18FN3O3/c17-12-2-1-3-13(6-12)18-15(22)19-9-16(10-19)7-14(21)20(23-16)8-11-4-5-11/h1-3,6,11H,4-5,7-10H2,(H,18,22). The van der Waals surface area contributed by atoms with Crippen molar-refractivity contribution in [1.82, 2.24) is 9.96 Å². The first kappa shape index (κ1) is 14.4. The predicted octanol–water partition coefficient (Wildman–Crippen LogP) is 1.99. The number of hydroxylamine groups is 2. The zero-order valence-corrected chi connectivity index (χ0v) is 12.6. The molecule has 0 bridgehead atoms. The van der Waals surface area contributed by atoms with Gasteiger partial charge in [-0.3, -0.25) is 9.63 Å². The molecule has 1 N–H and O–H groups in total. The van der Waals surface area contributed by atoms with Crippen LogP contribution in [0.5, 0.6) is 0 Å². The molecule has 3 aliphatic rings. The Morgan fingerprint density at radius 1 is 1.39 bits per heavy atom. The highest BCUT2D eigenvalue weighted by atomic mass is 19.1. The van der Waals surface area contributed by atoms with E-state index in [0.29, 0.717) is 37.7 Å². The van der Waals surface area contributed by atoms with Gasteiger partial charge >= 0.3 is 6.03 Å². The Bertz CT molecular complexity index is 656. The van der Waals surface area contributed by atoms with Crippen molar-refractivity contribution >= 4 is 17.6 Å². The van der Waals surface area contributed by atoms with E-state index >= 15 is 0 Å². The molecule has 23 heavy (non-hydrogen) atoms. The van der Waals surface area contributed by atoms with E-state index in [1.54, 1.807) is 11.0 Å². The first-order valence-corrected chi connectivity index (χ1v) is 7.84. The minimum Gasteiger partial charge on any atom is -0.318 e. The summed E-state index contributed by atoms with van der Waals surface area (Å²) in [6.07, 6.45) is 2.63. The van der Waals surface area contributed by atoms with E-state index in [0.717, 1.165) is 12.8 Å². The first-order valence-electron chi connectivity index (χ1n) is 7.84. The zero-order chi connectivity index (χ0) is 16.0. The Morgan fingerprint density at radius 2 is 2.17 bits per heavy atom. The molecule has 0 aromatic heterocycles. The van der Waals surface area contributed by atoms with Crippen molar-refractivity contribution < 1.29 is 18.8 Å². The number of likely N-dealkylation sites (tertiary alicyclic amines) is 1. The number of nitrogens with zero attached hydrogens (tertiary/aromatic N) is 2. The molecule has 1 aromatic carbocycles. The van der Waals surface area contributed by atoms with Crippen molar-refractivity contribution in [2.24, 2.45) is 5.92 Å². The summed E-state index contributed by atoms with van der Waals surface area (Å²) in [5.41, 5.74) is -0.152. The van der Waals surface area contributed by atoms with Crippen molar-refractivity contribution in [3.63, 3.8) is 0 Å². The lowest BCUT2D eigenvalue weighted by atomic mass is 9.91. The highest BCUT2D eigenvalue weighted by Gasteiger charge is 2.55. The summed E-state index contributed by atoms with van der Waals surface area (Å²) in [5.74, 6) is 0.173. The molecular weight excluding hydrogens is 301 g/mol. The Kier molecular flexibility index (Phi) is 3.26. The van der Waals surface area contributed by atoms with Crippen molar-refractivity contribution in [3.8, 4) is 0 Å². The topological polar surface area (TPSA) is 61.9 Å². The maximum Gasteiger partial charge on any atom is 0.322 e. The van der Waals surface area contributed by atoms with Gasteiger partial charge in [0.2, 0.25) is 5.91 Å². The lowest BCUT2D eigenvalue weighted by Gasteiger charge is -2.45. The molecule has 2 aliphatic heterocycles. The average molecular weight is 319 g/mol. The van der Waals surface area contributed by atoms with Gasteiger partial charge in [0.1, 0.15) is 11.4 Å². The fourth-order valence-corrected chi connectivity index (χ4v) is 3.09. The smallest absolute Gasteiger partial charge is 0.318 e. The molecule has 7 heteroatoms. The van der Waals surface area contributed by atoms with Gasteiger partial charge in [0.05, 0.1) is 26.1 Å². The van der Waals surface area contributed by atoms with Crippen LogP contribution < -0.4 is 5.32 Å². The van der Waals surface area contributed by atoms with Gasteiger partial charge in [-0.2, -0.15) is 0 Å². The van der Waals surface area contributed by atoms with Crippen molar-refractivity contribution in [2.45, 2.75) is 24.9 Å². The second-order valence-electron chi connectivity index (χ2n) is 6.65. The second-order valence-corrected chi connectivity index (χ2v) is 6.65. The van der Waals surface area contributed by atoms with Gasteiger partial charge in [0, 0.05) is 5.69 Å². The van der Waals surface area contributed by atoms with Gasteiger partial charge in [-0.25, -0.2) is 14.2 Å². The molecule has 0 radical (unpaired) electrons. The molecule has 2 heterocycles. The van der Waals surface area contributed by atoms with Crippen LogP contribution in [0.25, 0.3) is 0 Å². The number of carbonyl (C=O) groups is 2. The average Bonchev–Trinajstić information content (AvgIpc) is 3.20. The van der Waals surface area contributed by atoms with Gasteiger partial charge in [-0.05, 0) is 37.0 Å². The molecule has 1 aliphatic carbocycles. The van der Waals surface area contributed by atoms with Gasteiger partial charge in [0.15, 0.2) is 0 Å². The van der Waals surface area contributed by atoms with Crippen LogP contribution in [0.4, 0.5) is 14.9 Å². The monoisotopic (exact) mass is 319 g/mol. The van der Waals surface area contributed by atoms with Crippen LogP contribution in [0.3, 0.4) is 0 Å². The summed E-state index contributed by atoms with van der Waals surface area (Å²) in [4.78, 5) is 31.5. The number of hydrogen-bond donors (Lipinski definition) is 1. The Labute approximate surface area is 133 Å². The quantitative estimate of drug-likeness (QED) is 0.927. The molecular formula is C16H18FN3O3. The number of hydrogen-bond acceptors (Lipinski definition) is 3. The van der Waals surface area contributed by atoms with E-state index < -0.39 is 11.4 Å². The maximum atomic E-state index is 13.1. The van der Waals surface area contributed by atoms with Gasteiger partial charge in [0.25, 0.3) is 0 Å². The third kappa shape index (κ3) is 2.88. The summed E-state index contributed by atoms with van der Waals surface area (Å²) < 4.78 is 13.1. The lowest BCUT2D eigenvalue weighted by Crippen LogP contribution is -2.64. The molecule has 1 spiro atoms. The molecule has 0 atom stereocenters. The number of anilines is 1. The number of nitrogens with one attached hydrogen (secondary N) is 1. The fourth-order valence-electron chi connectivity index (χ4n) is 3.09. The van der Waals surface area contributed by atoms with Crippen LogP contribution in [0, 0.1) is 11.7 Å². The molecule has 3 amide bonds. The third-order valence-electron chi connectivity index (χ3n) is 4.50. The molecule has 3 fully saturated rings. The number of halogens is 1. The minimum absolute atomic E-state index is 0.00193. The summed E-state index contributed by atoms with van der Waals surface area (Å²) in [6.45, 7) is 1.41. The molecule has 2 saturated heterocycles. The molecule has 1 saturated carbocycles. The van der Waals surface area contributed by atoms with E-state index in [9.17, 15) is 14.0 Å². The summed E-state index contributed by atoms with van der Waals surface area (Å²) >= 11 is 0. The first-order chi connectivity index (χ1) is 11.0. The van der Waals surface area contributed by atoms with Crippen molar-refractivity contribution in [3.05, 3.63) is 30.1 Å². The molecule has 6 nitrogen and oxygen atoms in total. The summed E-state index contributed by atoms with van der Waals surface area (Å²) in [6, 6.07) is 5.44. The van der Waals surface area contributed by atoms with Gasteiger partial charge in [-0.15, -0.1) is 0 Å². The Balaban J connectivity index is 1.32. The minimum atomic E-state index is -0.564. The number of benzene rings is 1. The van der Waals surface area contributed by atoms with E-state index in [4.69, 9.17) is 4.84 Å². The lowest BCUT2D eigenvalue weighted by molar-refractivity contribution is -0.229. The van der Waals surface area contributed by atoms with Crippen LogP contribution in [0.15, 0.2) is 24.3 Å². The van der Waals surface area contributed by atoms with E-state index in [1.807, 2.05) is 0 Å². The third-order valence-corrected chi connectivity index (χ3v) is 4.50. The van der Waals surface area contributed by atoms with Crippen LogP contribution in [0.1, 0.15) is 19.3 Å². The van der Waals surface area contributed by atoms with Crippen LogP contribution in [-0.4, -0.2) is 47.1 Å². The van der Waals surface area contributed by atoms with Crippen LogP contribution in [0.2, 0.25) is 0 Å². The second kappa shape index (κ2) is 5.19. The predicted molar refractivity (Wildman–Crippen MR) is 79.9 cm³/mol. The molecule has 0 unspecified atom stereocenters. The van der Waals surface area contributed by atoms with E-state index in [2.05, 4.69) is 5.32 Å².